The molecule has 0 radical (unpaired) electrons. The molecular formula is C8H16N2O4. The van der Waals surface area contributed by atoms with Gasteiger partial charge in [0, 0.05) is 6.42 Å². The monoisotopic (exact) mass is 204 g/mol. The van der Waals surface area contributed by atoms with Crippen molar-refractivity contribution in [1.82, 2.24) is 10.6 Å². The van der Waals surface area contributed by atoms with Crippen molar-refractivity contribution in [1.29, 1.82) is 0 Å². The summed E-state index contributed by atoms with van der Waals surface area (Å²) in [5.74, 6) is -1.59. The summed E-state index contributed by atoms with van der Waals surface area (Å²) in [6.45, 7) is 0.109. The topological polar surface area (TPSA) is 98.7 Å². The second kappa shape index (κ2) is 7.28. The van der Waals surface area contributed by atoms with E-state index in [1.54, 1.807) is 7.05 Å². The van der Waals surface area contributed by atoms with Crippen LogP contribution in [-0.2, 0) is 9.59 Å². The van der Waals surface area contributed by atoms with Gasteiger partial charge in [-0.25, -0.2) is 4.79 Å². The Kier molecular flexibility index (Phi) is 6.69. The standard InChI is InChI=1S/C8H16N2O4/c1-9-4-2-3-7(12)10-6(5-11)8(13)14/h6,9,11H,2-5H2,1H3,(H,10,12)(H,13,14)/t6-/m1/s1. The predicted octanol–water partition coefficient (Wildman–Crippen LogP) is -1.45. The number of nitrogens with one attached hydrogen (secondary N) is 2. The van der Waals surface area contributed by atoms with E-state index in [-0.39, 0.29) is 12.3 Å². The fourth-order valence-electron chi connectivity index (χ4n) is 0.878. The van der Waals surface area contributed by atoms with Gasteiger partial charge in [0.25, 0.3) is 0 Å². The molecular weight excluding hydrogens is 188 g/mol. The van der Waals surface area contributed by atoms with Gasteiger partial charge in [-0.05, 0) is 20.0 Å². The van der Waals surface area contributed by atoms with Crippen LogP contribution in [0.15, 0.2) is 0 Å². The first kappa shape index (κ1) is 12.9. The number of hydrogen-bond acceptors (Lipinski definition) is 4. The zero-order valence-electron chi connectivity index (χ0n) is 8.12. The van der Waals surface area contributed by atoms with Crippen LogP contribution >= 0.6 is 0 Å². The van der Waals surface area contributed by atoms with Gasteiger partial charge in [0.05, 0.1) is 6.61 Å². The average molecular weight is 204 g/mol. The molecule has 4 N–H and O–H groups in total. The molecule has 0 aromatic carbocycles. The molecule has 6 heteroatoms. The van der Waals surface area contributed by atoms with Crippen LogP contribution in [0.4, 0.5) is 0 Å². The lowest BCUT2D eigenvalue weighted by Crippen LogP contribution is -2.43. The molecule has 0 aromatic heterocycles. The van der Waals surface area contributed by atoms with E-state index in [0.717, 1.165) is 0 Å². The maximum Gasteiger partial charge on any atom is 0.328 e. The minimum atomic E-state index is -1.23. The maximum atomic E-state index is 11.1. The van der Waals surface area contributed by atoms with E-state index in [1.165, 1.54) is 0 Å². The summed E-state index contributed by atoms with van der Waals surface area (Å²) < 4.78 is 0. The molecule has 1 atom stereocenters. The minimum absolute atomic E-state index is 0.255. The van der Waals surface area contributed by atoms with Crippen molar-refractivity contribution in [3.8, 4) is 0 Å². The van der Waals surface area contributed by atoms with Crippen LogP contribution in [0.25, 0.3) is 0 Å². The quantitative estimate of drug-likeness (QED) is 0.380. The second-order valence-electron chi connectivity index (χ2n) is 2.85. The van der Waals surface area contributed by atoms with Crippen LogP contribution in [0.2, 0.25) is 0 Å². The molecule has 0 unspecified atom stereocenters. The molecule has 0 fully saturated rings. The first-order valence-corrected chi connectivity index (χ1v) is 4.39. The number of hydrogen-bond donors (Lipinski definition) is 4. The highest BCUT2D eigenvalue weighted by molar-refractivity contribution is 5.83. The van der Waals surface area contributed by atoms with Crippen LogP contribution in [-0.4, -0.2) is 48.3 Å². The van der Waals surface area contributed by atoms with Gasteiger partial charge in [-0.3, -0.25) is 4.79 Å². The molecule has 0 spiro atoms. The van der Waals surface area contributed by atoms with Gasteiger partial charge in [0.1, 0.15) is 6.04 Å². The van der Waals surface area contributed by atoms with Gasteiger partial charge >= 0.3 is 5.97 Å². The molecule has 0 bridgehead atoms. The van der Waals surface area contributed by atoms with E-state index in [0.29, 0.717) is 13.0 Å². The van der Waals surface area contributed by atoms with Crippen LogP contribution in [0.3, 0.4) is 0 Å². The highest BCUT2D eigenvalue weighted by atomic mass is 16.4. The number of carbonyl (C=O) groups is 2. The Morgan fingerprint density at radius 1 is 1.43 bits per heavy atom. The van der Waals surface area contributed by atoms with Gasteiger partial charge in [-0.15, -0.1) is 0 Å². The molecule has 0 aliphatic heterocycles. The van der Waals surface area contributed by atoms with Crippen molar-refractivity contribution >= 4 is 11.9 Å². The van der Waals surface area contributed by atoms with Gasteiger partial charge in [0.2, 0.25) is 5.91 Å². The lowest BCUT2D eigenvalue weighted by Gasteiger charge is -2.11. The van der Waals surface area contributed by atoms with Crippen molar-refractivity contribution in [2.24, 2.45) is 0 Å². The number of carboxylic acids is 1. The third kappa shape index (κ3) is 5.50. The van der Waals surface area contributed by atoms with Gasteiger partial charge in [-0.2, -0.15) is 0 Å². The van der Waals surface area contributed by atoms with Crippen LogP contribution in [0.1, 0.15) is 12.8 Å². The molecule has 0 aromatic rings. The Labute approximate surface area is 82.3 Å². The van der Waals surface area contributed by atoms with Crippen LogP contribution in [0.5, 0.6) is 0 Å². The Bertz CT molecular complexity index is 196. The predicted molar refractivity (Wildman–Crippen MR) is 49.8 cm³/mol. The summed E-state index contributed by atoms with van der Waals surface area (Å²) >= 11 is 0. The number of amides is 1. The normalized spacial score (nSPS) is 12.1. The Morgan fingerprint density at radius 2 is 2.07 bits per heavy atom. The van der Waals surface area contributed by atoms with E-state index in [4.69, 9.17) is 10.2 Å². The number of rotatable bonds is 7. The maximum absolute atomic E-state index is 11.1. The van der Waals surface area contributed by atoms with Gasteiger partial charge in [-0.1, -0.05) is 0 Å². The fraction of sp³-hybridized carbons (Fsp3) is 0.750. The van der Waals surface area contributed by atoms with E-state index in [9.17, 15) is 9.59 Å². The summed E-state index contributed by atoms with van der Waals surface area (Å²) in [5.41, 5.74) is 0. The largest absolute Gasteiger partial charge is 0.480 e. The molecule has 0 heterocycles. The van der Waals surface area contributed by atoms with E-state index in [1.807, 2.05) is 0 Å². The van der Waals surface area contributed by atoms with Gasteiger partial charge in [0.15, 0.2) is 0 Å². The smallest absolute Gasteiger partial charge is 0.328 e. The number of carbonyl (C=O) groups excluding carboxylic acids is 1. The number of aliphatic hydroxyl groups is 1. The summed E-state index contributed by atoms with van der Waals surface area (Å²) in [6, 6.07) is -1.20. The van der Waals surface area contributed by atoms with Crippen molar-refractivity contribution < 1.29 is 19.8 Å². The first-order chi connectivity index (χ1) is 6.61. The second-order valence-corrected chi connectivity index (χ2v) is 2.85. The lowest BCUT2D eigenvalue weighted by atomic mass is 10.2. The van der Waals surface area contributed by atoms with Crippen molar-refractivity contribution in [2.45, 2.75) is 18.9 Å². The van der Waals surface area contributed by atoms with E-state index in [2.05, 4.69) is 10.6 Å². The highest BCUT2D eigenvalue weighted by Crippen LogP contribution is 1.89. The fourth-order valence-corrected chi connectivity index (χ4v) is 0.878. The van der Waals surface area contributed by atoms with Crippen molar-refractivity contribution in [2.75, 3.05) is 20.2 Å². The molecule has 6 nitrogen and oxygen atoms in total. The molecule has 0 aliphatic rings. The Morgan fingerprint density at radius 3 is 2.50 bits per heavy atom. The minimum Gasteiger partial charge on any atom is -0.480 e. The Balaban J connectivity index is 3.74. The van der Waals surface area contributed by atoms with Crippen molar-refractivity contribution in [3.63, 3.8) is 0 Å². The zero-order chi connectivity index (χ0) is 11.0. The molecule has 0 rings (SSSR count). The first-order valence-electron chi connectivity index (χ1n) is 4.39. The van der Waals surface area contributed by atoms with Gasteiger partial charge < -0.3 is 20.8 Å². The number of aliphatic hydroxyl groups excluding tert-OH is 1. The van der Waals surface area contributed by atoms with Crippen LogP contribution in [0, 0.1) is 0 Å². The zero-order valence-corrected chi connectivity index (χ0v) is 8.12. The Hall–Kier alpha value is -1.14. The molecule has 0 aliphatic carbocycles. The average Bonchev–Trinajstić information content (AvgIpc) is 2.14. The SMILES string of the molecule is CNCCCC(=O)N[C@H](CO)C(=O)O. The molecule has 82 valence electrons. The molecule has 14 heavy (non-hydrogen) atoms. The van der Waals surface area contributed by atoms with Crippen LogP contribution < -0.4 is 10.6 Å². The summed E-state index contributed by atoms with van der Waals surface area (Å²) in [4.78, 5) is 21.5. The summed E-state index contributed by atoms with van der Waals surface area (Å²) in [5, 5.41) is 22.2. The van der Waals surface area contributed by atoms with E-state index < -0.39 is 18.6 Å². The molecule has 0 saturated heterocycles. The summed E-state index contributed by atoms with van der Waals surface area (Å²) in [6.07, 6.45) is 0.894. The summed E-state index contributed by atoms with van der Waals surface area (Å²) in [7, 11) is 1.77. The van der Waals surface area contributed by atoms with E-state index >= 15 is 0 Å². The molecule has 0 saturated carbocycles. The van der Waals surface area contributed by atoms with Crippen molar-refractivity contribution in [3.05, 3.63) is 0 Å². The number of aliphatic carboxylic acids is 1. The lowest BCUT2D eigenvalue weighted by molar-refractivity contribution is -0.142. The third-order valence-corrected chi connectivity index (χ3v) is 1.65. The molecule has 1 amide bonds. The number of carboxylic acid groups (broad SMARTS) is 1. The third-order valence-electron chi connectivity index (χ3n) is 1.65. The highest BCUT2D eigenvalue weighted by Gasteiger charge is 2.17.